The van der Waals surface area contributed by atoms with Crippen LogP contribution in [-0.4, -0.2) is 62.6 Å². The van der Waals surface area contributed by atoms with Crippen LogP contribution in [0.15, 0.2) is 48.5 Å². The summed E-state index contributed by atoms with van der Waals surface area (Å²) >= 11 is 6.08. The number of amides is 2. The van der Waals surface area contributed by atoms with Crippen LogP contribution in [-0.2, 0) is 4.79 Å². The molecular weight excluding hydrogens is 404 g/mol. The van der Waals surface area contributed by atoms with E-state index in [1.165, 1.54) is 6.07 Å². The van der Waals surface area contributed by atoms with E-state index in [2.05, 4.69) is 21.2 Å². The van der Waals surface area contributed by atoms with E-state index in [9.17, 15) is 9.59 Å². The molecule has 2 aromatic carbocycles. The molecule has 1 saturated heterocycles. The number of nitrogens with two attached hydrogens (primary N) is 1. The van der Waals surface area contributed by atoms with Crippen LogP contribution in [0.5, 0.6) is 5.75 Å². The average molecular weight is 431 g/mol. The Morgan fingerprint density at radius 3 is 2.57 bits per heavy atom. The van der Waals surface area contributed by atoms with Crippen molar-refractivity contribution < 1.29 is 14.3 Å². The first kappa shape index (κ1) is 21.9. The summed E-state index contributed by atoms with van der Waals surface area (Å²) in [4.78, 5) is 27.9. The maximum atomic E-state index is 12.0. The average Bonchev–Trinajstić information content (AvgIpc) is 2.76. The molecule has 0 aliphatic carbocycles. The van der Waals surface area contributed by atoms with Crippen LogP contribution in [0.25, 0.3) is 0 Å². The molecule has 3 rings (SSSR count). The number of ether oxygens (including phenoxy) is 1. The molecule has 0 atom stereocenters. The fraction of sp³-hybridized carbons (Fsp3) is 0.364. The molecule has 1 heterocycles. The maximum Gasteiger partial charge on any atom is 0.257 e. The summed E-state index contributed by atoms with van der Waals surface area (Å²) in [6.07, 6.45) is 0.875. The van der Waals surface area contributed by atoms with Crippen molar-refractivity contribution in [2.24, 2.45) is 5.73 Å². The molecule has 2 amide bonds. The van der Waals surface area contributed by atoms with Gasteiger partial charge in [0.15, 0.2) is 6.61 Å². The summed E-state index contributed by atoms with van der Waals surface area (Å²) in [5.74, 6) is -0.275. The van der Waals surface area contributed by atoms with Gasteiger partial charge < -0.3 is 20.7 Å². The lowest BCUT2D eigenvalue weighted by Gasteiger charge is -2.36. The SMILES string of the molecule is NC(=O)c1cccc(OCC(=O)NCCCN2CCN(c3cccc(Cl)c3)CC2)c1. The van der Waals surface area contributed by atoms with Crippen molar-refractivity contribution in [3.63, 3.8) is 0 Å². The van der Waals surface area contributed by atoms with E-state index in [-0.39, 0.29) is 12.5 Å². The fourth-order valence-corrected chi connectivity index (χ4v) is 3.56. The molecule has 0 aromatic heterocycles. The topological polar surface area (TPSA) is 87.9 Å². The molecule has 0 unspecified atom stereocenters. The quantitative estimate of drug-likeness (QED) is 0.595. The van der Waals surface area contributed by atoms with Crippen molar-refractivity contribution in [2.45, 2.75) is 6.42 Å². The Morgan fingerprint density at radius 1 is 1.07 bits per heavy atom. The molecule has 30 heavy (non-hydrogen) atoms. The molecule has 160 valence electrons. The van der Waals surface area contributed by atoms with E-state index in [1.54, 1.807) is 18.2 Å². The molecular formula is C22H27ClN4O3. The van der Waals surface area contributed by atoms with Gasteiger partial charge >= 0.3 is 0 Å². The number of hydrogen-bond acceptors (Lipinski definition) is 5. The van der Waals surface area contributed by atoms with Gasteiger partial charge in [0, 0.05) is 49.0 Å². The first-order valence-corrected chi connectivity index (χ1v) is 10.4. The summed E-state index contributed by atoms with van der Waals surface area (Å²) in [7, 11) is 0. The maximum absolute atomic E-state index is 12.0. The van der Waals surface area contributed by atoms with Crippen LogP contribution in [0.3, 0.4) is 0 Å². The van der Waals surface area contributed by atoms with Gasteiger partial charge in [-0.2, -0.15) is 0 Å². The number of halogens is 1. The van der Waals surface area contributed by atoms with Crippen molar-refractivity contribution >= 4 is 29.1 Å². The van der Waals surface area contributed by atoms with Crippen LogP contribution in [0, 0.1) is 0 Å². The minimum atomic E-state index is -0.529. The van der Waals surface area contributed by atoms with Crippen molar-refractivity contribution in [1.82, 2.24) is 10.2 Å². The summed E-state index contributed by atoms with van der Waals surface area (Å²) in [5.41, 5.74) is 6.75. The minimum absolute atomic E-state index is 0.0967. The number of nitrogens with one attached hydrogen (secondary N) is 1. The Morgan fingerprint density at radius 2 is 1.83 bits per heavy atom. The number of hydrogen-bond donors (Lipinski definition) is 2. The Bertz CT molecular complexity index is 869. The van der Waals surface area contributed by atoms with Gasteiger partial charge in [-0.05, 0) is 49.4 Å². The molecule has 0 saturated carbocycles. The van der Waals surface area contributed by atoms with Crippen LogP contribution in [0.1, 0.15) is 16.8 Å². The third-order valence-electron chi connectivity index (χ3n) is 5.01. The largest absolute Gasteiger partial charge is 0.484 e. The number of rotatable bonds is 9. The van der Waals surface area contributed by atoms with Gasteiger partial charge in [0.2, 0.25) is 5.91 Å². The van der Waals surface area contributed by atoms with Gasteiger partial charge in [-0.3, -0.25) is 14.5 Å². The standard InChI is InChI=1S/C22H27ClN4O3/c23-18-5-2-6-19(15-18)27-12-10-26(11-13-27)9-3-8-25-21(28)16-30-20-7-1-4-17(14-20)22(24)29/h1-2,4-7,14-15H,3,8-13,16H2,(H2,24,29)(H,25,28). The molecule has 3 N–H and O–H groups in total. The zero-order valence-electron chi connectivity index (χ0n) is 16.9. The van der Waals surface area contributed by atoms with Crippen molar-refractivity contribution in [1.29, 1.82) is 0 Å². The third-order valence-corrected chi connectivity index (χ3v) is 5.24. The van der Waals surface area contributed by atoms with E-state index in [4.69, 9.17) is 22.1 Å². The lowest BCUT2D eigenvalue weighted by molar-refractivity contribution is -0.123. The molecule has 7 nitrogen and oxygen atoms in total. The second kappa shape index (κ2) is 10.8. The Balaban J connectivity index is 1.29. The zero-order chi connectivity index (χ0) is 21.3. The van der Waals surface area contributed by atoms with Crippen LogP contribution in [0.4, 0.5) is 5.69 Å². The highest BCUT2D eigenvalue weighted by Crippen LogP contribution is 2.20. The van der Waals surface area contributed by atoms with Crippen LogP contribution in [0.2, 0.25) is 5.02 Å². The summed E-state index contributed by atoms with van der Waals surface area (Å²) in [6.45, 7) is 5.33. The minimum Gasteiger partial charge on any atom is -0.484 e. The van der Waals surface area contributed by atoms with Gasteiger partial charge in [0.1, 0.15) is 5.75 Å². The number of nitrogens with zero attached hydrogens (tertiary/aromatic N) is 2. The van der Waals surface area contributed by atoms with E-state index in [0.717, 1.165) is 49.9 Å². The van der Waals surface area contributed by atoms with Gasteiger partial charge in [-0.1, -0.05) is 23.7 Å². The van der Waals surface area contributed by atoms with Gasteiger partial charge in [0.05, 0.1) is 0 Å². The number of carbonyl (C=O) groups is 2. The number of primary amides is 1. The third kappa shape index (κ3) is 6.64. The molecule has 1 aliphatic heterocycles. The molecule has 2 aromatic rings. The monoisotopic (exact) mass is 430 g/mol. The molecule has 0 spiro atoms. The lowest BCUT2D eigenvalue weighted by Crippen LogP contribution is -2.47. The normalized spacial score (nSPS) is 14.4. The number of benzene rings is 2. The van der Waals surface area contributed by atoms with E-state index < -0.39 is 5.91 Å². The van der Waals surface area contributed by atoms with Crippen molar-refractivity contribution in [3.05, 3.63) is 59.1 Å². The first-order chi connectivity index (χ1) is 14.5. The predicted molar refractivity (Wildman–Crippen MR) is 118 cm³/mol. The molecule has 0 radical (unpaired) electrons. The number of carbonyl (C=O) groups excluding carboxylic acids is 2. The smallest absolute Gasteiger partial charge is 0.257 e. The van der Waals surface area contributed by atoms with Gasteiger partial charge in [-0.25, -0.2) is 0 Å². The molecule has 1 aliphatic rings. The molecule has 1 fully saturated rings. The van der Waals surface area contributed by atoms with E-state index >= 15 is 0 Å². The van der Waals surface area contributed by atoms with E-state index in [1.807, 2.05) is 18.2 Å². The Kier molecular flexibility index (Phi) is 7.93. The van der Waals surface area contributed by atoms with Gasteiger partial charge in [0.25, 0.3) is 5.91 Å². The van der Waals surface area contributed by atoms with Gasteiger partial charge in [-0.15, -0.1) is 0 Å². The Hall–Kier alpha value is -2.77. The predicted octanol–water partition coefficient (Wildman–Crippen LogP) is 2.15. The second-order valence-corrected chi connectivity index (χ2v) is 7.63. The Labute approximate surface area is 181 Å². The van der Waals surface area contributed by atoms with E-state index in [0.29, 0.717) is 17.9 Å². The summed E-state index contributed by atoms with van der Waals surface area (Å²) < 4.78 is 5.42. The first-order valence-electron chi connectivity index (χ1n) is 10.0. The van der Waals surface area contributed by atoms with Crippen molar-refractivity contribution in [2.75, 3.05) is 50.8 Å². The highest BCUT2D eigenvalue weighted by atomic mass is 35.5. The second-order valence-electron chi connectivity index (χ2n) is 7.19. The van der Waals surface area contributed by atoms with Crippen molar-refractivity contribution in [3.8, 4) is 5.75 Å². The highest BCUT2D eigenvalue weighted by molar-refractivity contribution is 6.30. The van der Waals surface area contributed by atoms with Crippen LogP contribution >= 0.6 is 11.6 Å². The lowest BCUT2D eigenvalue weighted by atomic mass is 10.2. The molecule has 0 bridgehead atoms. The highest BCUT2D eigenvalue weighted by Gasteiger charge is 2.17. The summed E-state index contributed by atoms with van der Waals surface area (Å²) in [6, 6.07) is 14.4. The fourth-order valence-electron chi connectivity index (χ4n) is 3.37. The number of anilines is 1. The number of piperazine rings is 1. The zero-order valence-corrected chi connectivity index (χ0v) is 17.6. The summed E-state index contributed by atoms with van der Waals surface area (Å²) in [5, 5.41) is 3.62. The van der Waals surface area contributed by atoms with Crippen LogP contribution < -0.4 is 20.7 Å². The molecule has 8 heteroatoms.